The molecule has 3 nitrogen and oxygen atoms in total. The summed E-state index contributed by atoms with van der Waals surface area (Å²) in [5.74, 6) is 0.748. The van der Waals surface area contributed by atoms with Gasteiger partial charge in [0.1, 0.15) is 11.9 Å². The Kier molecular flexibility index (Phi) is 5.21. The van der Waals surface area contributed by atoms with E-state index in [-0.39, 0.29) is 18.6 Å². The summed E-state index contributed by atoms with van der Waals surface area (Å²) in [6.45, 7) is 10.3. The summed E-state index contributed by atoms with van der Waals surface area (Å²) < 4.78 is 57.7. The Morgan fingerprint density at radius 2 is 1.48 bits per heavy atom. The predicted octanol–water partition coefficient (Wildman–Crippen LogP) is 6.58. The quantitative estimate of drug-likeness (QED) is 0.513. The summed E-state index contributed by atoms with van der Waals surface area (Å²) in [4.78, 5) is 0. The second-order valence-corrected chi connectivity index (χ2v) is 9.88. The molecule has 0 aromatic heterocycles. The van der Waals surface area contributed by atoms with Crippen molar-refractivity contribution < 1.29 is 27.2 Å². The molecule has 2 aliphatic rings. The highest BCUT2D eigenvalue weighted by molar-refractivity contribution is 6.46. The zero-order valence-corrected chi connectivity index (χ0v) is 18.5. The number of para-hydroxylation sites is 1. The molecule has 0 amide bonds. The molecule has 2 heterocycles. The first-order valence-electron chi connectivity index (χ1n) is 10.6. The van der Waals surface area contributed by atoms with E-state index in [1.807, 2.05) is 52.0 Å². The smallest absolute Gasteiger partial charge is 0.458 e. The maximum absolute atomic E-state index is 13.0. The first-order chi connectivity index (χ1) is 14.3. The number of hydrogen-bond acceptors (Lipinski definition) is 3. The van der Waals surface area contributed by atoms with E-state index in [1.165, 1.54) is 12.1 Å². The molecule has 2 aliphatic heterocycles. The average Bonchev–Trinajstić information content (AvgIpc) is 2.86. The molecule has 4 rings (SSSR count). The van der Waals surface area contributed by atoms with Crippen molar-refractivity contribution in [3.63, 3.8) is 0 Å². The zero-order chi connectivity index (χ0) is 22.7. The topological polar surface area (TPSA) is 27.7 Å². The Morgan fingerprint density at radius 1 is 0.903 bits per heavy atom. The summed E-state index contributed by atoms with van der Waals surface area (Å²) in [7, 11) is -0.380. The Hall–Kier alpha value is -1.99. The molecule has 31 heavy (non-hydrogen) atoms. The van der Waals surface area contributed by atoms with Crippen molar-refractivity contribution in [2.45, 2.75) is 76.3 Å². The number of alkyl halides is 3. The second kappa shape index (κ2) is 7.27. The van der Waals surface area contributed by atoms with Gasteiger partial charge in [-0.2, -0.15) is 13.2 Å². The summed E-state index contributed by atoms with van der Waals surface area (Å²) >= 11 is 0. The molecule has 166 valence electrons. The van der Waals surface area contributed by atoms with Crippen LogP contribution in [-0.4, -0.2) is 18.3 Å². The van der Waals surface area contributed by atoms with Gasteiger partial charge in [0.15, 0.2) is 0 Å². The van der Waals surface area contributed by atoms with Gasteiger partial charge in [0.2, 0.25) is 0 Å². The Bertz CT molecular complexity index is 939. The number of halogens is 3. The van der Waals surface area contributed by atoms with Crippen LogP contribution in [0.5, 0.6) is 5.75 Å². The lowest BCUT2D eigenvalue weighted by Gasteiger charge is -2.40. The van der Waals surface area contributed by atoms with Gasteiger partial charge in [-0.3, -0.25) is 0 Å². The molecule has 0 unspecified atom stereocenters. The summed E-state index contributed by atoms with van der Waals surface area (Å²) in [6.07, 6.45) is -3.48. The SMILES string of the molecule is CC1(C)OB(C[C@@]2(C)C[C@H](c3ccc(C(F)(F)F)cc3)Oc3ccccc32)OC1(C)C. The third kappa shape index (κ3) is 4.10. The first kappa shape index (κ1) is 22.2. The van der Waals surface area contributed by atoms with Crippen LogP contribution in [0.2, 0.25) is 6.32 Å². The number of hydrogen-bond donors (Lipinski definition) is 0. The van der Waals surface area contributed by atoms with Gasteiger partial charge in [0, 0.05) is 0 Å². The van der Waals surface area contributed by atoms with Crippen LogP contribution in [0.25, 0.3) is 0 Å². The molecular weight excluding hydrogens is 404 g/mol. The van der Waals surface area contributed by atoms with Crippen molar-refractivity contribution in [3.05, 3.63) is 65.2 Å². The van der Waals surface area contributed by atoms with Gasteiger partial charge in [-0.25, -0.2) is 0 Å². The fourth-order valence-electron chi connectivity index (χ4n) is 4.46. The van der Waals surface area contributed by atoms with Gasteiger partial charge in [0.05, 0.1) is 16.8 Å². The highest BCUT2D eigenvalue weighted by Gasteiger charge is 2.54. The number of benzene rings is 2. The van der Waals surface area contributed by atoms with E-state index in [0.29, 0.717) is 12.7 Å². The van der Waals surface area contributed by atoms with Crippen LogP contribution < -0.4 is 4.74 Å². The molecule has 0 saturated carbocycles. The molecule has 2 aromatic carbocycles. The molecule has 2 aromatic rings. The van der Waals surface area contributed by atoms with Crippen molar-refractivity contribution in [1.82, 2.24) is 0 Å². The minimum atomic E-state index is -4.36. The molecule has 0 N–H and O–H groups in total. The largest absolute Gasteiger partial charge is 0.485 e. The van der Waals surface area contributed by atoms with Crippen molar-refractivity contribution in [3.8, 4) is 5.75 Å². The van der Waals surface area contributed by atoms with Crippen molar-refractivity contribution in [2.75, 3.05) is 0 Å². The fraction of sp³-hybridized carbons (Fsp3) is 0.500. The van der Waals surface area contributed by atoms with Crippen molar-refractivity contribution in [1.29, 1.82) is 0 Å². The van der Waals surface area contributed by atoms with Crippen LogP contribution in [0.1, 0.15) is 63.8 Å². The lowest BCUT2D eigenvalue weighted by Crippen LogP contribution is -2.41. The van der Waals surface area contributed by atoms with Gasteiger partial charge in [-0.1, -0.05) is 37.3 Å². The molecule has 2 atom stereocenters. The molecule has 1 saturated heterocycles. The molecule has 0 bridgehead atoms. The molecule has 0 radical (unpaired) electrons. The van der Waals surface area contributed by atoms with E-state index < -0.39 is 22.9 Å². The van der Waals surface area contributed by atoms with Gasteiger partial charge in [0.25, 0.3) is 0 Å². The van der Waals surface area contributed by atoms with Gasteiger partial charge in [-0.05, 0) is 75.2 Å². The zero-order valence-electron chi connectivity index (χ0n) is 18.5. The molecule has 7 heteroatoms. The Morgan fingerprint density at radius 3 is 2.06 bits per heavy atom. The Labute approximate surface area is 182 Å². The van der Waals surface area contributed by atoms with Gasteiger partial charge in [-0.15, -0.1) is 0 Å². The fourth-order valence-corrected chi connectivity index (χ4v) is 4.46. The van der Waals surface area contributed by atoms with Crippen molar-refractivity contribution >= 4 is 7.12 Å². The van der Waals surface area contributed by atoms with E-state index in [4.69, 9.17) is 14.0 Å². The Balaban J connectivity index is 1.63. The third-order valence-corrected chi connectivity index (χ3v) is 6.97. The molecule has 0 spiro atoms. The number of fused-ring (bicyclic) bond motifs is 1. The van der Waals surface area contributed by atoms with E-state index in [0.717, 1.165) is 29.0 Å². The first-order valence-corrected chi connectivity index (χ1v) is 10.6. The lowest BCUT2D eigenvalue weighted by atomic mass is 9.62. The maximum atomic E-state index is 13.0. The summed E-state index contributed by atoms with van der Waals surface area (Å²) in [5, 5.41) is 0. The summed E-state index contributed by atoms with van der Waals surface area (Å²) in [5.41, 5.74) is -0.0524. The third-order valence-electron chi connectivity index (χ3n) is 6.97. The molecular formula is C24H28BF3O3. The van der Waals surface area contributed by atoms with Crippen LogP contribution in [0.15, 0.2) is 48.5 Å². The van der Waals surface area contributed by atoms with E-state index in [9.17, 15) is 13.2 Å². The van der Waals surface area contributed by atoms with Crippen LogP contribution in [0, 0.1) is 0 Å². The minimum absolute atomic E-state index is 0.330. The standard InChI is InChI=1S/C24H28BF3O3/c1-21(2)22(3,4)31-25(30-21)15-23(5)14-20(29-19-9-7-6-8-18(19)23)16-10-12-17(13-11-16)24(26,27)28/h6-13,20H,14-15H2,1-5H3/t20-,23-/m1/s1. The number of ether oxygens (including phenoxy) is 1. The normalized spacial score (nSPS) is 27.0. The minimum Gasteiger partial charge on any atom is -0.485 e. The van der Waals surface area contributed by atoms with Crippen LogP contribution in [0.4, 0.5) is 13.2 Å². The maximum Gasteiger partial charge on any atom is 0.458 e. The second-order valence-electron chi connectivity index (χ2n) is 9.88. The van der Waals surface area contributed by atoms with Gasteiger partial charge >= 0.3 is 13.3 Å². The average molecular weight is 432 g/mol. The van der Waals surface area contributed by atoms with Crippen LogP contribution in [-0.2, 0) is 20.9 Å². The summed E-state index contributed by atoms with van der Waals surface area (Å²) in [6, 6.07) is 13.1. The van der Waals surface area contributed by atoms with Crippen LogP contribution >= 0.6 is 0 Å². The van der Waals surface area contributed by atoms with Crippen molar-refractivity contribution in [2.24, 2.45) is 0 Å². The van der Waals surface area contributed by atoms with Crippen LogP contribution in [0.3, 0.4) is 0 Å². The van der Waals surface area contributed by atoms with E-state index in [2.05, 4.69) is 6.92 Å². The van der Waals surface area contributed by atoms with E-state index >= 15 is 0 Å². The molecule has 0 aliphatic carbocycles. The van der Waals surface area contributed by atoms with Gasteiger partial charge < -0.3 is 14.0 Å². The highest BCUT2D eigenvalue weighted by atomic mass is 19.4. The lowest BCUT2D eigenvalue weighted by molar-refractivity contribution is -0.137. The highest BCUT2D eigenvalue weighted by Crippen LogP contribution is 2.50. The van der Waals surface area contributed by atoms with E-state index in [1.54, 1.807) is 0 Å². The number of rotatable bonds is 3. The predicted molar refractivity (Wildman–Crippen MR) is 114 cm³/mol. The molecule has 1 fully saturated rings. The monoisotopic (exact) mass is 432 g/mol.